The summed E-state index contributed by atoms with van der Waals surface area (Å²) in [6.07, 6.45) is 1.87. The lowest BCUT2D eigenvalue weighted by Gasteiger charge is -2.33. The Morgan fingerprint density at radius 3 is 2.82 bits per heavy atom. The Morgan fingerprint density at radius 2 is 2.36 bits per heavy atom. The Morgan fingerprint density at radius 1 is 1.64 bits per heavy atom. The Labute approximate surface area is 67.3 Å². The lowest BCUT2D eigenvalue weighted by atomic mass is 10.1. The number of ether oxygens (including phenoxy) is 1. The lowest BCUT2D eigenvalue weighted by molar-refractivity contribution is 0.0456. The number of rotatable bonds is 2. The van der Waals surface area contributed by atoms with Crippen molar-refractivity contribution in [2.24, 2.45) is 0 Å². The Balaban J connectivity index is 2.56. The average molecular weight is 157 g/mol. The zero-order valence-electron chi connectivity index (χ0n) is 7.17. The minimum absolute atomic E-state index is 0.148. The molecule has 1 amide bonds. The monoisotopic (exact) mass is 157 g/mol. The number of cyclic esters (lactones) is 1. The largest absolute Gasteiger partial charge is 0.449 e. The van der Waals surface area contributed by atoms with E-state index in [9.17, 15) is 4.79 Å². The number of hydrogen-bond donors (Lipinski definition) is 0. The topological polar surface area (TPSA) is 29.5 Å². The number of amides is 1. The van der Waals surface area contributed by atoms with Crippen LogP contribution in [0.3, 0.4) is 0 Å². The fourth-order valence-corrected chi connectivity index (χ4v) is 1.48. The predicted octanol–water partition coefficient (Wildman–Crippen LogP) is 1.63. The van der Waals surface area contributed by atoms with Crippen LogP contribution in [0.25, 0.3) is 0 Å². The molecule has 1 unspecified atom stereocenters. The van der Waals surface area contributed by atoms with Gasteiger partial charge in [0.25, 0.3) is 0 Å². The fourth-order valence-electron chi connectivity index (χ4n) is 1.48. The van der Waals surface area contributed by atoms with Gasteiger partial charge in [-0.25, -0.2) is 4.79 Å². The zero-order chi connectivity index (χ0) is 8.27. The average Bonchev–Trinajstić information content (AvgIpc) is 2.04. The minimum atomic E-state index is -0.148. The maximum atomic E-state index is 11.1. The first-order chi connectivity index (χ1) is 5.29. The number of hydrogen-bond acceptors (Lipinski definition) is 2. The molecule has 1 aliphatic rings. The smallest absolute Gasteiger partial charge is 0.409 e. The molecular weight excluding hydrogens is 142 g/mol. The van der Waals surface area contributed by atoms with E-state index in [1.807, 2.05) is 6.92 Å². The minimum Gasteiger partial charge on any atom is -0.449 e. The highest BCUT2D eigenvalue weighted by Crippen LogP contribution is 2.15. The molecule has 0 radical (unpaired) electrons. The van der Waals surface area contributed by atoms with E-state index in [1.165, 1.54) is 0 Å². The normalized spacial score (nSPS) is 25.1. The lowest BCUT2D eigenvalue weighted by Crippen LogP contribution is -2.45. The fraction of sp³-hybridized carbons (Fsp3) is 0.875. The summed E-state index contributed by atoms with van der Waals surface area (Å²) < 4.78 is 4.90. The van der Waals surface area contributed by atoms with Gasteiger partial charge in [0.1, 0.15) is 0 Å². The summed E-state index contributed by atoms with van der Waals surface area (Å²) in [6, 6.07) is 0.404. The quantitative estimate of drug-likeness (QED) is 0.609. The van der Waals surface area contributed by atoms with Gasteiger partial charge in [0, 0.05) is 19.0 Å². The molecular formula is C8H15NO2. The molecule has 0 N–H and O–H groups in total. The molecule has 0 aromatic heterocycles. The maximum Gasteiger partial charge on any atom is 0.409 e. The maximum absolute atomic E-state index is 11.1. The van der Waals surface area contributed by atoms with Gasteiger partial charge in [-0.2, -0.15) is 0 Å². The molecule has 0 saturated carbocycles. The SMILES string of the molecule is CCC1CCOC(=O)N1CC. The second-order valence-electron chi connectivity index (χ2n) is 2.75. The third-order valence-corrected chi connectivity index (χ3v) is 2.16. The standard InChI is InChI=1S/C8H15NO2/c1-3-7-5-6-11-8(10)9(7)4-2/h7H,3-6H2,1-2H3. The first kappa shape index (κ1) is 8.37. The molecule has 0 spiro atoms. The van der Waals surface area contributed by atoms with Gasteiger partial charge in [-0.05, 0) is 13.3 Å². The van der Waals surface area contributed by atoms with E-state index in [0.29, 0.717) is 12.6 Å². The summed E-state index contributed by atoms with van der Waals surface area (Å²) in [6.45, 7) is 5.44. The second kappa shape index (κ2) is 3.60. The molecule has 1 rings (SSSR count). The van der Waals surface area contributed by atoms with Gasteiger partial charge in [0.15, 0.2) is 0 Å². The molecule has 0 aromatic carbocycles. The van der Waals surface area contributed by atoms with Gasteiger partial charge in [0.05, 0.1) is 6.61 Å². The molecule has 1 fully saturated rings. The van der Waals surface area contributed by atoms with E-state index in [-0.39, 0.29) is 6.09 Å². The third kappa shape index (κ3) is 1.64. The van der Waals surface area contributed by atoms with Crippen LogP contribution in [0.5, 0.6) is 0 Å². The molecule has 0 aromatic rings. The van der Waals surface area contributed by atoms with E-state index in [0.717, 1.165) is 19.4 Å². The van der Waals surface area contributed by atoms with E-state index >= 15 is 0 Å². The van der Waals surface area contributed by atoms with Crippen molar-refractivity contribution in [2.45, 2.75) is 32.7 Å². The first-order valence-electron chi connectivity index (χ1n) is 4.23. The highest BCUT2D eigenvalue weighted by Gasteiger charge is 2.26. The highest BCUT2D eigenvalue weighted by atomic mass is 16.6. The highest BCUT2D eigenvalue weighted by molar-refractivity contribution is 5.68. The summed E-state index contributed by atoms with van der Waals surface area (Å²) in [5, 5.41) is 0. The molecule has 0 aliphatic carbocycles. The van der Waals surface area contributed by atoms with Crippen molar-refractivity contribution < 1.29 is 9.53 Å². The molecule has 1 heterocycles. The van der Waals surface area contributed by atoms with Crippen molar-refractivity contribution in [3.05, 3.63) is 0 Å². The predicted molar refractivity (Wildman–Crippen MR) is 42.4 cm³/mol. The van der Waals surface area contributed by atoms with Gasteiger partial charge < -0.3 is 9.64 Å². The van der Waals surface area contributed by atoms with E-state index in [4.69, 9.17) is 4.74 Å². The van der Waals surface area contributed by atoms with E-state index in [2.05, 4.69) is 6.92 Å². The van der Waals surface area contributed by atoms with Gasteiger partial charge in [0.2, 0.25) is 0 Å². The van der Waals surface area contributed by atoms with Crippen molar-refractivity contribution in [3.63, 3.8) is 0 Å². The van der Waals surface area contributed by atoms with Gasteiger partial charge in [-0.3, -0.25) is 0 Å². The Bertz CT molecular complexity index is 147. The Hall–Kier alpha value is -0.730. The molecule has 3 heteroatoms. The van der Waals surface area contributed by atoms with Crippen molar-refractivity contribution in [1.29, 1.82) is 0 Å². The summed E-state index contributed by atoms with van der Waals surface area (Å²) >= 11 is 0. The number of carbonyl (C=O) groups is 1. The van der Waals surface area contributed by atoms with Crippen LogP contribution in [0.15, 0.2) is 0 Å². The van der Waals surface area contributed by atoms with Crippen molar-refractivity contribution in [1.82, 2.24) is 4.90 Å². The van der Waals surface area contributed by atoms with Crippen LogP contribution in [-0.2, 0) is 4.74 Å². The number of nitrogens with zero attached hydrogens (tertiary/aromatic N) is 1. The van der Waals surface area contributed by atoms with Gasteiger partial charge in [-0.15, -0.1) is 0 Å². The van der Waals surface area contributed by atoms with E-state index < -0.39 is 0 Å². The summed E-state index contributed by atoms with van der Waals surface area (Å²) in [5.41, 5.74) is 0. The third-order valence-electron chi connectivity index (χ3n) is 2.16. The summed E-state index contributed by atoms with van der Waals surface area (Å²) in [7, 11) is 0. The summed E-state index contributed by atoms with van der Waals surface area (Å²) in [5.74, 6) is 0. The molecule has 0 bridgehead atoms. The Kier molecular flexibility index (Phi) is 2.74. The van der Waals surface area contributed by atoms with Crippen LogP contribution in [0.1, 0.15) is 26.7 Å². The molecule has 1 atom stereocenters. The van der Waals surface area contributed by atoms with Crippen LogP contribution < -0.4 is 0 Å². The number of carbonyl (C=O) groups excluding carboxylic acids is 1. The van der Waals surface area contributed by atoms with Crippen LogP contribution in [-0.4, -0.2) is 30.2 Å². The van der Waals surface area contributed by atoms with Crippen molar-refractivity contribution >= 4 is 6.09 Å². The van der Waals surface area contributed by atoms with Gasteiger partial charge in [-0.1, -0.05) is 6.92 Å². The van der Waals surface area contributed by atoms with Crippen LogP contribution in [0.2, 0.25) is 0 Å². The molecule has 3 nitrogen and oxygen atoms in total. The molecule has 11 heavy (non-hydrogen) atoms. The van der Waals surface area contributed by atoms with Crippen LogP contribution in [0.4, 0.5) is 4.79 Å². The molecule has 1 aliphatic heterocycles. The van der Waals surface area contributed by atoms with Gasteiger partial charge >= 0.3 is 6.09 Å². The molecule has 1 saturated heterocycles. The van der Waals surface area contributed by atoms with Crippen molar-refractivity contribution in [2.75, 3.05) is 13.2 Å². The van der Waals surface area contributed by atoms with Crippen molar-refractivity contribution in [3.8, 4) is 0 Å². The van der Waals surface area contributed by atoms with Crippen LogP contribution >= 0.6 is 0 Å². The first-order valence-corrected chi connectivity index (χ1v) is 4.23. The van der Waals surface area contributed by atoms with Crippen LogP contribution in [0, 0.1) is 0 Å². The summed E-state index contributed by atoms with van der Waals surface area (Å²) in [4.78, 5) is 12.9. The molecule has 64 valence electrons. The van der Waals surface area contributed by atoms with E-state index in [1.54, 1.807) is 4.90 Å². The zero-order valence-corrected chi connectivity index (χ0v) is 7.17. The second-order valence-corrected chi connectivity index (χ2v) is 2.75.